The van der Waals surface area contributed by atoms with Crippen molar-refractivity contribution in [3.8, 4) is 44.2 Å². The Bertz CT molecular complexity index is 3010. The second-order valence-corrected chi connectivity index (χ2v) is 20.1. The number of nitrogens with two attached hydrogens (primary N) is 1. The van der Waals surface area contributed by atoms with E-state index < -0.39 is 24.1 Å². The number of aliphatic hydroxyl groups is 1. The third kappa shape index (κ3) is 14.0. The molecule has 0 radical (unpaired) electrons. The molecular formula is C58H68N8O11S. The van der Waals surface area contributed by atoms with E-state index in [9.17, 15) is 29.4 Å². The van der Waals surface area contributed by atoms with Crippen LogP contribution < -0.4 is 21.1 Å². The number of aromatic hydroxyl groups is 1. The number of phenolic OH excluding ortho intramolecular Hbond substituents is 1. The Labute approximate surface area is 458 Å². The Hall–Kier alpha value is -7.33. The van der Waals surface area contributed by atoms with Gasteiger partial charge < -0.3 is 60.1 Å². The molecule has 0 unspecified atom stereocenters. The number of β-amino-alcohol motifs (C(OH)–C–C–N with tert-alkyl or cyclic N) is 1. The molecule has 1 saturated heterocycles. The molecule has 19 nitrogen and oxygen atoms in total. The molecule has 5 heterocycles. The molecule has 6 aromatic rings. The van der Waals surface area contributed by atoms with E-state index in [1.54, 1.807) is 65.3 Å². The third-order valence-electron chi connectivity index (χ3n) is 13.6. The first-order chi connectivity index (χ1) is 37.8. The van der Waals surface area contributed by atoms with Gasteiger partial charge in [-0.2, -0.15) is 0 Å². The van der Waals surface area contributed by atoms with Gasteiger partial charge in [0.25, 0.3) is 11.8 Å². The molecule has 1 fully saturated rings. The molecule has 4 amide bonds. The molecule has 0 aliphatic carbocycles. The van der Waals surface area contributed by atoms with Crippen LogP contribution in [0.3, 0.4) is 0 Å². The third-order valence-corrected chi connectivity index (χ3v) is 14.6. The molecule has 20 heteroatoms. The highest BCUT2D eigenvalue weighted by Gasteiger charge is 2.46. The van der Waals surface area contributed by atoms with Crippen LogP contribution in [-0.4, -0.2) is 149 Å². The summed E-state index contributed by atoms with van der Waals surface area (Å²) >= 11 is 1.52. The smallest absolute Gasteiger partial charge is 0.269 e. The number of anilines is 1. The number of likely N-dealkylation sites (tertiary alicyclic amines) is 1. The van der Waals surface area contributed by atoms with Crippen molar-refractivity contribution < 1.29 is 53.1 Å². The van der Waals surface area contributed by atoms with Gasteiger partial charge in [0.05, 0.1) is 75.0 Å². The molecule has 0 saturated carbocycles. The predicted molar refractivity (Wildman–Crippen MR) is 295 cm³/mol. The maximum absolute atomic E-state index is 14.2. The number of ether oxygens (including phenoxy) is 5. The summed E-state index contributed by atoms with van der Waals surface area (Å²) in [6.45, 7) is 11.4. The van der Waals surface area contributed by atoms with Crippen molar-refractivity contribution in [2.75, 3.05) is 78.3 Å². The minimum Gasteiger partial charge on any atom is -0.508 e. The van der Waals surface area contributed by atoms with Crippen LogP contribution in [0, 0.1) is 12.8 Å². The molecule has 8 rings (SSSR count). The number of fused-ring (bicyclic) bond motifs is 1. The van der Waals surface area contributed by atoms with Crippen LogP contribution in [0.25, 0.3) is 32.7 Å². The fourth-order valence-corrected chi connectivity index (χ4v) is 10.5. The zero-order valence-electron chi connectivity index (χ0n) is 44.4. The van der Waals surface area contributed by atoms with E-state index in [0.29, 0.717) is 88.5 Å². The van der Waals surface area contributed by atoms with Crippen LogP contribution in [0.2, 0.25) is 0 Å². The van der Waals surface area contributed by atoms with Gasteiger partial charge in [-0.05, 0) is 71.8 Å². The summed E-state index contributed by atoms with van der Waals surface area (Å²) in [4.78, 5) is 71.6. The van der Waals surface area contributed by atoms with E-state index in [4.69, 9.17) is 29.4 Å². The first-order valence-electron chi connectivity index (χ1n) is 26.3. The van der Waals surface area contributed by atoms with Crippen LogP contribution in [0.1, 0.15) is 70.4 Å². The highest BCUT2D eigenvalue weighted by molar-refractivity contribution is 7.13. The van der Waals surface area contributed by atoms with Gasteiger partial charge in [0.2, 0.25) is 11.8 Å². The molecule has 3 aromatic heterocycles. The summed E-state index contributed by atoms with van der Waals surface area (Å²) in [5.74, 6) is -0.438. The number of hydrogen-bond acceptors (Lipinski definition) is 16. The highest BCUT2D eigenvalue weighted by Crippen LogP contribution is 2.37. The van der Waals surface area contributed by atoms with E-state index in [2.05, 4.69) is 25.6 Å². The topological polar surface area (TPSA) is 250 Å². The Morgan fingerprint density at radius 1 is 0.808 bits per heavy atom. The predicted octanol–water partition coefficient (Wildman–Crippen LogP) is 6.23. The number of carbonyl (C=O) groups is 4. The number of phenols is 1. The average Bonchev–Trinajstić information content (AvgIpc) is 4.16. The van der Waals surface area contributed by atoms with E-state index in [-0.39, 0.29) is 67.8 Å². The lowest BCUT2D eigenvalue weighted by Crippen LogP contribution is -2.55. The van der Waals surface area contributed by atoms with E-state index in [1.165, 1.54) is 16.2 Å². The van der Waals surface area contributed by atoms with Crippen LogP contribution in [0.4, 0.5) is 5.82 Å². The van der Waals surface area contributed by atoms with Gasteiger partial charge in [0.15, 0.2) is 0 Å². The summed E-state index contributed by atoms with van der Waals surface area (Å²) < 4.78 is 28.9. The molecule has 2 aliphatic rings. The Kier molecular flexibility index (Phi) is 19.9. The number of carbonyl (C=O) groups excluding carboxylic acids is 4. The quantitative estimate of drug-likeness (QED) is 0.0359. The van der Waals surface area contributed by atoms with Crippen molar-refractivity contribution in [2.24, 2.45) is 5.92 Å². The molecule has 0 spiro atoms. The van der Waals surface area contributed by atoms with Crippen LogP contribution in [0.15, 0.2) is 96.8 Å². The van der Waals surface area contributed by atoms with Crippen molar-refractivity contribution in [1.82, 2.24) is 35.4 Å². The molecule has 6 N–H and O–H groups in total. The summed E-state index contributed by atoms with van der Waals surface area (Å²) in [5, 5.41) is 26.3. The maximum atomic E-state index is 14.2. The highest BCUT2D eigenvalue weighted by atomic mass is 32.1. The lowest BCUT2D eigenvalue weighted by molar-refractivity contribution is -0.143. The average molecular weight is 1090 g/mol. The van der Waals surface area contributed by atoms with Crippen LogP contribution in [0.5, 0.6) is 11.5 Å². The summed E-state index contributed by atoms with van der Waals surface area (Å²) in [7, 11) is 0. The summed E-state index contributed by atoms with van der Waals surface area (Å²) in [6, 6.07) is 21.7. The zero-order chi connectivity index (χ0) is 55.1. The Balaban J connectivity index is 0.708. The molecule has 0 bridgehead atoms. The number of aromatic nitrogens is 3. The number of nitrogens with one attached hydrogen (secondary N) is 2. The number of nitrogens with zero attached hydrogens (tertiary/aromatic N) is 5. The maximum Gasteiger partial charge on any atom is 0.269 e. The van der Waals surface area contributed by atoms with Gasteiger partial charge >= 0.3 is 0 Å². The molecule has 2 aliphatic heterocycles. The van der Waals surface area contributed by atoms with E-state index >= 15 is 0 Å². The number of aliphatic hydroxyl groups excluding tert-OH is 1. The molecule has 78 heavy (non-hydrogen) atoms. The first-order valence-corrected chi connectivity index (χ1v) is 27.1. The molecule has 3 aromatic carbocycles. The van der Waals surface area contributed by atoms with E-state index in [1.807, 2.05) is 64.1 Å². The number of amides is 4. The number of hydrogen-bond donors (Lipinski definition) is 5. The largest absolute Gasteiger partial charge is 0.508 e. The van der Waals surface area contributed by atoms with E-state index in [0.717, 1.165) is 49.5 Å². The monoisotopic (exact) mass is 1080 g/mol. The van der Waals surface area contributed by atoms with Crippen molar-refractivity contribution >= 4 is 40.8 Å². The number of pyridine rings is 2. The molecular weight excluding hydrogens is 1020 g/mol. The Morgan fingerprint density at radius 3 is 2.14 bits per heavy atom. The number of thiazole rings is 1. The minimum absolute atomic E-state index is 0.0106. The zero-order valence-corrected chi connectivity index (χ0v) is 45.3. The number of aryl methyl sites for hydroxylation is 1. The van der Waals surface area contributed by atoms with Crippen LogP contribution in [-0.2, 0) is 48.0 Å². The van der Waals surface area contributed by atoms with Gasteiger partial charge in [-0.15, -0.1) is 11.3 Å². The van der Waals surface area contributed by atoms with Crippen molar-refractivity contribution in [1.29, 1.82) is 0 Å². The van der Waals surface area contributed by atoms with Gasteiger partial charge in [-0.3, -0.25) is 24.2 Å². The second-order valence-electron chi connectivity index (χ2n) is 19.3. The SMILES string of the molecule is CCc1c(-c2ccc(C(=O)NCCOCCOCCOCCOCCOc3cc(-c4scnc4C)ccc3CNC(=O)[C@@H]3C[C@@H](O)CN3C(=O)[C@H](C(C)C)N3Cc4ccccc4C3=O)nc2)cnc(N)c1-c1ccc(O)cc1. The number of benzene rings is 3. The fraction of sp³-hybridized carbons (Fsp3) is 0.397. The minimum atomic E-state index is -0.922. The number of nitrogen functional groups attached to an aromatic ring is 1. The van der Waals surface area contributed by atoms with Crippen molar-refractivity contribution in [3.63, 3.8) is 0 Å². The standard InChI is InChI=1S/C58H68N8O11S/c1-5-45-47(32-62-54(59)51(45)38-12-15-43(67)16-13-38)40-14-17-48(61-30-40)55(69)60-18-19-73-20-21-74-22-23-75-24-25-76-26-27-77-50-28-39(53-37(4)64-35-78-53)10-11-41(50)31-63-56(70)49-29-44(68)34-65(49)58(72)52(36(2)3)66-33-42-8-6-7-9-46(42)57(66)71/h6-17,28,30,32,35-36,44,49,52,67-68H,5,18-27,29,31,33-34H2,1-4H3,(H2,59,62)(H,60,69)(H,63,70)/t44-,49+,52+/m1/s1. The number of rotatable bonds is 27. The van der Waals surface area contributed by atoms with Gasteiger partial charge in [0.1, 0.15) is 41.7 Å². The second kappa shape index (κ2) is 27.3. The van der Waals surface area contributed by atoms with Crippen LogP contribution >= 0.6 is 11.3 Å². The first kappa shape index (κ1) is 56.9. The fourth-order valence-electron chi connectivity index (χ4n) is 9.73. The lowest BCUT2D eigenvalue weighted by atomic mass is 9.92. The Morgan fingerprint density at radius 2 is 1.49 bits per heavy atom. The van der Waals surface area contributed by atoms with Gasteiger partial charge in [-0.25, -0.2) is 9.97 Å². The normalized spacial score (nSPS) is 15.4. The van der Waals surface area contributed by atoms with Gasteiger partial charge in [-0.1, -0.05) is 69.3 Å². The van der Waals surface area contributed by atoms with Gasteiger partial charge in [0, 0.05) is 72.8 Å². The lowest BCUT2D eigenvalue weighted by Gasteiger charge is -2.35. The summed E-state index contributed by atoms with van der Waals surface area (Å²) in [6.07, 6.45) is 3.23. The summed E-state index contributed by atoms with van der Waals surface area (Å²) in [5.41, 5.74) is 16.6. The van der Waals surface area contributed by atoms with Crippen molar-refractivity contribution in [2.45, 2.75) is 71.8 Å². The molecule has 412 valence electrons. The van der Waals surface area contributed by atoms with Crippen molar-refractivity contribution in [3.05, 3.63) is 130 Å². The molecule has 3 atom stereocenters.